The van der Waals surface area contributed by atoms with E-state index in [1.165, 1.54) is 18.0 Å². The van der Waals surface area contributed by atoms with E-state index >= 15 is 0 Å². The van der Waals surface area contributed by atoms with Gasteiger partial charge in [0.15, 0.2) is 5.60 Å². The van der Waals surface area contributed by atoms with Gasteiger partial charge in [-0.25, -0.2) is 0 Å². The molecule has 0 saturated carbocycles. The van der Waals surface area contributed by atoms with Crippen molar-refractivity contribution in [3.63, 3.8) is 0 Å². The second-order valence-electron chi connectivity index (χ2n) is 6.05. The van der Waals surface area contributed by atoms with Crippen molar-refractivity contribution in [3.05, 3.63) is 29.3 Å². The van der Waals surface area contributed by atoms with E-state index in [-0.39, 0.29) is 5.56 Å². The molecule has 3 nitrogen and oxygen atoms in total. The summed E-state index contributed by atoms with van der Waals surface area (Å²) in [5.74, 6) is -0.612. The Bertz CT molecular complexity index is 575. The lowest BCUT2D eigenvalue weighted by atomic mass is 9.72. The molecule has 20 heavy (non-hydrogen) atoms. The summed E-state index contributed by atoms with van der Waals surface area (Å²) in [6.07, 6.45) is -4.52. The van der Waals surface area contributed by atoms with Gasteiger partial charge in [0.1, 0.15) is 0 Å². The molecule has 1 atom stereocenters. The molecule has 1 aromatic rings. The summed E-state index contributed by atoms with van der Waals surface area (Å²) >= 11 is 0. The number of aliphatic hydroxyl groups is 1. The molecule has 1 heterocycles. The van der Waals surface area contributed by atoms with E-state index in [0.29, 0.717) is 5.69 Å². The van der Waals surface area contributed by atoms with Crippen molar-refractivity contribution in [2.75, 3.05) is 11.9 Å². The number of alkyl halides is 3. The first-order chi connectivity index (χ1) is 8.90. The highest BCUT2D eigenvalue weighted by atomic mass is 19.4. The number of anilines is 1. The molecule has 1 aliphatic heterocycles. The van der Waals surface area contributed by atoms with Gasteiger partial charge in [0.25, 0.3) is 5.91 Å². The Kier molecular flexibility index (Phi) is 2.95. The van der Waals surface area contributed by atoms with Crippen molar-refractivity contribution in [1.82, 2.24) is 0 Å². The zero-order chi connectivity index (χ0) is 15.5. The van der Waals surface area contributed by atoms with Crippen molar-refractivity contribution in [1.29, 1.82) is 0 Å². The number of benzene rings is 1. The lowest BCUT2D eigenvalue weighted by Crippen LogP contribution is -2.48. The molecule has 0 saturated heterocycles. The van der Waals surface area contributed by atoms with Crippen molar-refractivity contribution in [2.45, 2.75) is 32.5 Å². The zero-order valence-electron chi connectivity index (χ0n) is 11.7. The van der Waals surface area contributed by atoms with Crippen molar-refractivity contribution >= 4 is 11.6 Å². The topological polar surface area (TPSA) is 40.5 Å². The number of hydrogen-bond donors (Lipinski definition) is 1. The molecule has 6 heteroatoms. The van der Waals surface area contributed by atoms with Crippen LogP contribution in [-0.4, -0.2) is 18.1 Å². The molecule has 1 unspecified atom stereocenters. The number of nitrogens with zero attached hydrogens (tertiary/aromatic N) is 1. The van der Waals surface area contributed by atoms with Crippen LogP contribution >= 0.6 is 0 Å². The molecule has 110 valence electrons. The number of likely N-dealkylation sites (N-methyl/N-ethyl adjacent to an activating group) is 1. The Morgan fingerprint density at radius 3 is 2.20 bits per heavy atom. The minimum Gasteiger partial charge on any atom is -0.375 e. The van der Waals surface area contributed by atoms with Crippen molar-refractivity contribution in [3.8, 4) is 0 Å². The summed E-state index contributed by atoms with van der Waals surface area (Å²) < 4.78 is 38.5. The monoisotopic (exact) mass is 287 g/mol. The average molecular weight is 287 g/mol. The second-order valence-corrected chi connectivity index (χ2v) is 6.05. The maximum atomic E-state index is 12.8. The van der Waals surface area contributed by atoms with Crippen LogP contribution in [0.5, 0.6) is 0 Å². The van der Waals surface area contributed by atoms with Gasteiger partial charge in [0.2, 0.25) is 0 Å². The van der Waals surface area contributed by atoms with Crippen LogP contribution in [0.4, 0.5) is 18.9 Å². The molecule has 0 spiro atoms. The van der Waals surface area contributed by atoms with E-state index in [9.17, 15) is 23.1 Å². The molecular formula is C14H16F3NO2. The standard InChI is InChI=1S/C14H16F3NO2/c1-12(2,3)13(20)9-7-8(14(15,16)17)5-6-10(9)18(4)11(13)19/h5-7,20H,1-4H3. The molecule has 0 aromatic heterocycles. The SMILES string of the molecule is CN1C(=O)C(O)(C(C)(C)C)c2cc(C(F)(F)F)ccc21. The molecule has 0 radical (unpaired) electrons. The van der Waals surface area contributed by atoms with E-state index in [1.807, 2.05) is 0 Å². The van der Waals surface area contributed by atoms with Crippen LogP contribution < -0.4 is 4.90 Å². The molecule has 1 N–H and O–H groups in total. The van der Waals surface area contributed by atoms with Crippen LogP contribution in [0.2, 0.25) is 0 Å². The summed E-state index contributed by atoms with van der Waals surface area (Å²) in [6, 6.07) is 3.00. The fourth-order valence-electron chi connectivity index (χ4n) is 2.49. The van der Waals surface area contributed by atoms with Crippen LogP contribution in [0.15, 0.2) is 18.2 Å². The number of fused-ring (bicyclic) bond motifs is 1. The molecule has 1 aliphatic rings. The lowest BCUT2D eigenvalue weighted by Gasteiger charge is -2.35. The van der Waals surface area contributed by atoms with Crippen LogP contribution in [0.1, 0.15) is 31.9 Å². The predicted octanol–water partition coefficient (Wildman–Crippen LogP) is 2.92. The highest BCUT2D eigenvalue weighted by molar-refractivity contribution is 6.07. The number of amides is 1. The summed E-state index contributed by atoms with van der Waals surface area (Å²) in [5, 5.41) is 10.8. The minimum atomic E-state index is -4.52. The van der Waals surface area contributed by atoms with Gasteiger partial charge in [-0.2, -0.15) is 13.2 Å². The normalized spacial score (nSPS) is 23.2. The minimum absolute atomic E-state index is 0.00678. The summed E-state index contributed by atoms with van der Waals surface area (Å²) in [5.41, 5.74) is -3.44. The quantitative estimate of drug-likeness (QED) is 0.797. The first-order valence-electron chi connectivity index (χ1n) is 6.13. The van der Waals surface area contributed by atoms with Gasteiger partial charge in [-0.15, -0.1) is 0 Å². The fourth-order valence-corrected chi connectivity index (χ4v) is 2.49. The van der Waals surface area contributed by atoms with E-state index in [2.05, 4.69) is 0 Å². The van der Waals surface area contributed by atoms with Gasteiger partial charge >= 0.3 is 6.18 Å². The van der Waals surface area contributed by atoms with Crippen molar-refractivity contribution in [2.24, 2.45) is 5.41 Å². The Morgan fingerprint density at radius 2 is 1.75 bits per heavy atom. The van der Waals surface area contributed by atoms with E-state index < -0.39 is 28.7 Å². The number of halogens is 3. The van der Waals surface area contributed by atoms with Gasteiger partial charge in [0.05, 0.1) is 11.3 Å². The lowest BCUT2D eigenvalue weighted by molar-refractivity contribution is -0.149. The molecule has 1 amide bonds. The van der Waals surface area contributed by atoms with Crippen molar-refractivity contribution < 1.29 is 23.1 Å². The molecule has 0 bridgehead atoms. The molecule has 1 aromatic carbocycles. The van der Waals surface area contributed by atoms with Gasteiger partial charge in [-0.3, -0.25) is 4.79 Å². The van der Waals surface area contributed by atoms with Gasteiger partial charge in [-0.05, 0) is 18.2 Å². The summed E-state index contributed by atoms with van der Waals surface area (Å²) in [6.45, 7) is 4.86. The first kappa shape index (κ1) is 14.8. The van der Waals surface area contributed by atoms with Gasteiger partial charge in [0, 0.05) is 18.0 Å². The molecule has 0 fully saturated rings. The fraction of sp³-hybridized carbons (Fsp3) is 0.500. The number of hydrogen-bond acceptors (Lipinski definition) is 2. The smallest absolute Gasteiger partial charge is 0.375 e. The highest BCUT2D eigenvalue weighted by Crippen LogP contribution is 2.50. The van der Waals surface area contributed by atoms with E-state index in [4.69, 9.17) is 0 Å². The third-order valence-corrected chi connectivity index (χ3v) is 3.77. The maximum Gasteiger partial charge on any atom is 0.416 e. The largest absolute Gasteiger partial charge is 0.416 e. The third-order valence-electron chi connectivity index (χ3n) is 3.77. The average Bonchev–Trinajstić information content (AvgIpc) is 2.50. The Labute approximate surface area is 115 Å². The number of carbonyl (C=O) groups excluding carboxylic acids is 1. The van der Waals surface area contributed by atoms with Crippen LogP contribution in [0, 0.1) is 5.41 Å². The molecule has 2 rings (SSSR count). The van der Waals surface area contributed by atoms with Crippen LogP contribution in [-0.2, 0) is 16.6 Å². The summed E-state index contributed by atoms with van der Waals surface area (Å²) in [4.78, 5) is 13.5. The summed E-state index contributed by atoms with van der Waals surface area (Å²) in [7, 11) is 1.44. The van der Waals surface area contributed by atoms with Gasteiger partial charge in [-0.1, -0.05) is 20.8 Å². The second kappa shape index (κ2) is 3.97. The Balaban J connectivity index is 2.73. The number of rotatable bonds is 0. The van der Waals surface area contributed by atoms with Gasteiger partial charge < -0.3 is 10.0 Å². The Hall–Kier alpha value is -1.56. The molecule has 0 aliphatic carbocycles. The third kappa shape index (κ3) is 1.82. The van der Waals surface area contributed by atoms with E-state index in [1.54, 1.807) is 20.8 Å². The van der Waals surface area contributed by atoms with E-state index in [0.717, 1.165) is 12.1 Å². The highest BCUT2D eigenvalue weighted by Gasteiger charge is 2.56. The van der Waals surface area contributed by atoms with Crippen LogP contribution in [0.3, 0.4) is 0 Å². The zero-order valence-corrected chi connectivity index (χ0v) is 11.7. The predicted molar refractivity (Wildman–Crippen MR) is 68.2 cm³/mol. The Morgan fingerprint density at radius 1 is 1.20 bits per heavy atom. The van der Waals surface area contributed by atoms with Crippen LogP contribution in [0.25, 0.3) is 0 Å². The first-order valence-corrected chi connectivity index (χ1v) is 6.13. The maximum absolute atomic E-state index is 12.8. The molecular weight excluding hydrogens is 271 g/mol. The number of carbonyl (C=O) groups is 1.